The maximum atomic E-state index is 5.52. The van der Waals surface area contributed by atoms with Crippen molar-refractivity contribution in [1.82, 2.24) is 9.97 Å². The lowest BCUT2D eigenvalue weighted by molar-refractivity contribution is 0.568. The van der Waals surface area contributed by atoms with Crippen LogP contribution in [0.15, 0.2) is 35.4 Å². The summed E-state index contributed by atoms with van der Waals surface area (Å²) in [4.78, 5) is 8.31. The molecule has 0 atom stereocenters. The largest absolute Gasteiger partial charge is 0.472 e. The van der Waals surface area contributed by atoms with Crippen LogP contribution in [0.3, 0.4) is 0 Å². The second kappa shape index (κ2) is 3.37. The number of hydrogen-bond acceptors (Lipinski definition) is 4. The lowest BCUT2D eigenvalue weighted by atomic mass is 10.2. The summed E-state index contributed by atoms with van der Waals surface area (Å²) in [6.07, 6.45) is 6.50. The van der Waals surface area contributed by atoms with Gasteiger partial charge in [0.25, 0.3) is 0 Å². The van der Waals surface area contributed by atoms with Gasteiger partial charge in [-0.3, -0.25) is 9.97 Å². The van der Waals surface area contributed by atoms with Crippen LogP contribution in [0.4, 0.5) is 0 Å². The number of hydrogen-bond donors (Lipinski definition) is 1. The summed E-state index contributed by atoms with van der Waals surface area (Å²) in [6, 6.07) is 1.84. The Bertz CT molecular complexity index is 384. The van der Waals surface area contributed by atoms with Gasteiger partial charge < -0.3 is 10.2 Å². The van der Waals surface area contributed by atoms with Crippen molar-refractivity contribution >= 4 is 0 Å². The fraction of sp³-hybridized carbons (Fsp3) is 0.111. The van der Waals surface area contributed by atoms with Crippen LogP contribution in [0.5, 0.6) is 0 Å². The summed E-state index contributed by atoms with van der Waals surface area (Å²) in [5.41, 5.74) is 8.01. The van der Waals surface area contributed by atoms with E-state index in [0.29, 0.717) is 6.54 Å². The SMILES string of the molecule is NCc1nccnc1-c1ccoc1. The molecule has 0 bridgehead atoms. The first-order valence-electron chi connectivity index (χ1n) is 3.94. The summed E-state index contributed by atoms with van der Waals surface area (Å²) < 4.78 is 4.96. The fourth-order valence-electron chi connectivity index (χ4n) is 1.16. The van der Waals surface area contributed by atoms with E-state index < -0.39 is 0 Å². The van der Waals surface area contributed by atoms with Gasteiger partial charge >= 0.3 is 0 Å². The Balaban J connectivity index is 2.51. The minimum absolute atomic E-state index is 0.383. The van der Waals surface area contributed by atoms with Crippen LogP contribution in [0, 0.1) is 0 Å². The van der Waals surface area contributed by atoms with Crippen molar-refractivity contribution in [3.05, 3.63) is 36.7 Å². The molecular formula is C9H9N3O. The Hall–Kier alpha value is -1.68. The van der Waals surface area contributed by atoms with Crippen LogP contribution in [0.1, 0.15) is 5.69 Å². The first-order chi connectivity index (χ1) is 6.42. The maximum Gasteiger partial charge on any atom is 0.0997 e. The second-order valence-corrected chi connectivity index (χ2v) is 2.57. The average Bonchev–Trinajstić information content (AvgIpc) is 2.70. The van der Waals surface area contributed by atoms with Gasteiger partial charge in [0.1, 0.15) is 0 Å². The molecule has 0 unspecified atom stereocenters. The predicted octanol–water partition coefficient (Wildman–Crippen LogP) is 1.20. The molecule has 0 aliphatic carbocycles. The van der Waals surface area contributed by atoms with Crippen LogP contribution < -0.4 is 5.73 Å². The molecule has 2 rings (SSSR count). The van der Waals surface area contributed by atoms with Crippen LogP contribution in [0.2, 0.25) is 0 Å². The molecule has 2 heterocycles. The van der Waals surface area contributed by atoms with E-state index in [0.717, 1.165) is 17.0 Å². The minimum Gasteiger partial charge on any atom is -0.472 e. The topological polar surface area (TPSA) is 64.9 Å². The molecule has 0 aliphatic heterocycles. The third-order valence-corrected chi connectivity index (χ3v) is 1.76. The summed E-state index contributed by atoms with van der Waals surface area (Å²) in [5.74, 6) is 0. The highest BCUT2D eigenvalue weighted by Crippen LogP contribution is 2.19. The van der Waals surface area contributed by atoms with E-state index >= 15 is 0 Å². The molecule has 0 saturated carbocycles. The average molecular weight is 175 g/mol. The normalized spacial score (nSPS) is 10.2. The molecule has 2 aromatic heterocycles. The molecule has 0 fully saturated rings. The zero-order valence-electron chi connectivity index (χ0n) is 6.97. The van der Waals surface area contributed by atoms with Gasteiger partial charge in [-0.05, 0) is 6.07 Å². The van der Waals surface area contributed by atoms with E-state index in [1.807, 2.05) is 6.07 Å². The van der Waals surface area contributed by atoms with Gasteiger partial charge in [-0.2, -0.15) is 0 Å². The molecule has 2 aromatic rings. The molecule has 66 valence electrons. The lowest BCUT2D eigenvalue weighted by Gasteiger charge is -2.01. The monoisotopic (exact) mass is 175 g/mol. The minimum atomic E-state index is 0.383. The molecule has 0 radical (unpaired) electrons. The van der Waals surface area contributed by atoms with Gasteiger partial charge in [-0.1, -0.05) is 0 Å². The first-order valence-corrected chi connectivity index (χ1v) is 3.94. The van der Waals surface area contributed by atoms with Crippen molar-refractivity contribution in [3.63, 3.8) is 0 Å². The zero-order valence-corrected chi connectivity index (χ0v) is 6.97. The van der Waals surface area contributed by atoms with Crippen molar-refractivity contribution in [1.29, 1.82) is 0 Å². The number of nitrogens with zero attached hydrogens (tertiary/aromatic N) is 2. The molecule has 0 amide bonds. The summed E-state index contributed by atoms with van der Waals surface area (Å²) >= 11 is 0. The van der Waals surface area contributed by atoms with Gasteiger partial charge in [0, 0.05) is 24.5 Å². The molecule has 0 aliphatic rings. The van der Waals surface area contributed by atoms with E-state index in [4.69, 9.17) is 10.2 Å². The molecule has 2 N–H and O–H groups in total. The summed E-state index contributed by atoms with van der Waals surface area (Å²) in [7, 11) is 0. The Morgan fingerprint density at radius 2 is 2.15 bits per heavy atom. The van der Waals surface area contributed by atoms with Crippen LogP contribution in [-0.4, -0.2) is 9.97 Å². The Morgan fingerprint density at radius 1 is 1.31 bits per heavy atom. The quantitative estimate of drug-likeness (QED) is 0.744. The Labute approximate surface area is 75.4 Å². The highest BCUT2D eigenvalue weighted by atomic mass is 16.3. The first kappa shape index (κ1) is 7.94. The smallest absolute Gasteiger partial charge is 0.0997 e. The highest BCUT2D eigenvalue weighted by molar-refractivity contribution is 5.59. The van der Waals surface area contributed by atoms with Crippen molar-refractivity contribution in [2.24, 2.45) is 5.73 Å². The van der Waals surface area contributed by atoms with E-state index in [1.165, 1.54) is 0 Å². The van der Waals surface area contributed by atoms with Gasteiger partial charge in [-0.25, -0.2) is 0 Å². The van der Waals surface area contributed by atoms with E-state index in [2.05, 4.69) is 9.97 Å². The maximum absolute atomic E-state index is 5.52. The Morgan fingerprint density at radius 3 is 2.85 bits per heavy atom. The molecule has 0 spiro atoms. The molecule has 4 heteroatoms. The number of aromatic nitrogens is 2. The van der Waals surface area contributed by atoms with Crippen LogP contribution >= 0.6 is 0 Å². The van der Waals surface area contributed by atoms with E-state index in [-0.39, 0.29) is 0 Å². The van der Waals surface area contributed by atoms with E-state index in [9.17, 15) is 0 Å². The standard InChI is InChI=1S/C9H9N3O/c10-5-8-9(12-3-2-11-8)7-1-4-13-6-7/h1-4,6H,5,10H2. The fourth-order valence-corrected chi connectivity index (χ4v) is 1.16. The van der Waals surface area contributed by atoms with Crippen molar-refractivity contribution in [2.75, 3.05) is 0 Å². The highest BCUT2D eigenvalue weighted by Gasteiger charge is 2.06. The van der Waals surface area contributed by atoms with Gasteiger partial charge in [0.05, 0.1) is 23.9 Å². The number of furan rings is 1. The third kappa shape index (κ3) is 1.43. The van der Waals surface area contributed by atoms with E-state index in [1.54, 1.807) is 24.9 Å². The molecular weight excluding hydrogens is 166 g/mol. The number of nitrogens with two attached hydrogens (primary N) is 1. The van der Waals surface area contributed by atoms with Crippen molar-refractivity contribution in [2.45, 2.75) is 6.54 Å². The van der Waals surface area contributed by atoms with Crippen LogP contribution in [-0.2, 0) is 6.54 Å². The molecule has 4 nitrogen and oxygen atoms in total. The molecule has 0 saturated heterocycles. The number of rotatable bonds is 2. The van der Waals surface area contributed by atoms with Crippen molar-refractivity contribution < 1.29 is 4.42 Å². The molecule has 0 aromatic carbocycles. The zero-order chi connectivity index (χ0) is 9.10. The third-order valence-electron chi connectivity index (χ3n) is 1.76. The predicted molar refractivity (Wildman–Crippen MR) is 47.6 cm³/mol. The van der Waals surface area contributed by atoms with Gasteiger partial charge in [-0.15, -0.1) is 0 Å². The molecule has 13 heavy (non-hydrogen) atoms. The van der Waals surface area contributed by atoms with Crippen molar-refractivity contribution in [3.8, 4) is 11.3 Å². The summed E-state index contributed by atoms with van der Waals surface area (Å²) in [6.45, 7) is 0.383. The van der Waals surface area contributed by atoms with Gasteiger partial charge in [0.15, 0.2) is 0 Å². The van der Waals surface area contributed by atoms with Gasteiger partial charge in [0.2, 0.25) is 0 Å². The summed E-state index contributed by atoms with van der Waals surface area (Å²) in [5, 5.41) is 0. The second-order valence-electron chi connectivity index (χ2n) is 2.57. The van der Waals surface area contributed by atoms with Crippen LogP contribution in [0.25, 0.3) is 11.3 Å². The lowest BCUT2D eigenvalue weighted by Crippen LogP contribution is -2.02. The Kier molecular flexibility index (Phi) is 2.06.